The zero-order valence-corrected chi connectivity index (χ0v) is 17.2. The van der Waals surface area contributed by atoms with Crippen molar-refractivity contribution in [2.45, 2.75) is 12.6 Å². The predicted molar refractivity (Wildman–Crippen MR) is 111 cm³/mol. The molecule has 0 aromatic heterocycles. The molecular weight excluding hydrogens is 456 g/mol. The molecule has 0 amide bonds. The lowest BCUT2D eigenvalue weighted by atomic mass is 10.1. The Morgan fingerprint density at radius 3 is 2.60 bits per heavy atom. The van der Waals surface area contributed by atoms with Crippen LogP contribution in [0.3, 0.4) is 0 Å². The van der Waals surface area contributed by atoms with Crippen LogP contribution in [-0.4, -0.2) is 26.7 Å². The number of aliphatic imine (C=N–C) groups is 1. The molecule has 7 heteroatoms. The van der Waals surface area contributed by atoms with E-state index in [9.17, 15) is 4.39 Å². The Hall–Kier alpha value is -1.38. The first-order valence-corrected chi connectivity index (χ1v) is 7.98. The van der Waals surface area contributed by atoms with Crippen molar-refractivity contribution >= 4 is 41.5 Å². The lowest BCUT2D eigenvalue weighted by Gasteiger charge is -2.19. The molecular formula is C18H22ClFIN3O. The smallest absolute Gasteiger partial charge is 0.191 e. The number of guanidine groups is 1. The summed E-state index contributed by atoms with van der Waals surface area (Å²) in [4.78, 5) is 4.14. The molecule has 0 spiro atoms. The second-order valence-electron chi connectivity index (χ2n) is 5.18. The molecule has 2 aromatic rings. The van der Waals surface area contributed by atoms with Crippen LogP contribution in [0.2, 0.25) is 5.02 Å². The summed E-state index contributed by atoms with van der Waals surface area (Å²) in [5.74, 6) is 0.330. The zero-order valence-electron chi connectivity index (χ0n) is 14.1. The van der Waals surface area contributed by atoms with Crippen LogP contribution in [0.1, 0.15) is 17.2 Å². The average molecular weight is 478 g/mol. The topological polar surface area (TPSA) is 45.7 Å². The van der Waals surface area contributed by atoms with E-state index in [1.54, 1.807) is 32.4 Å². The second kappa shape index (κ2) is 11.3. The number of hydrogen-bond acceptors (Lipinski definition) is 2. The van der Waals surface area contributed by atoms with Crippen molar-refractivity contribution in [3.05, 3.63) is 70.5 Å². The van der Waals surface area contributed by atoms with Crippen molar-refractivity contribution in [3.8, 4) is 0 Å². The first-order chi connectivity index (χ1) is 11.6. The number of nitrogens with one attached hydrogen (secondary N) is 2. The van der Waals surface area contributed by atoms with Gasteiger partial charge in [0, 0.05) is 37.8 Å². The van der Waals surface area contributed by atoms with E-state index in [1.165, 1.54) is 6.07 Å². The third-order valence-electron chi connectivity index (χ3n) is 3.59. The standard InChI is InChI=1S/C18H21ClFN3O.HI/c1-21-18(22-11-14-6-3-4-9-16(14)20)23-12-17(24-2)13-7-5-8-15(19)10-13;/h3-10,17H,11-12H2,1-2H3,(H2,21,22,23);1H. The van der Waals surface area contributed by atoms with Crippen LogP contribution < -0.4 is 10.6 Å². The van der Waals surface area contributed by atoms with Gasteiger partial charge in [0.15, 0.2) is 5.96 Å². The Morgan fingerprint density at radius 1 is 1.20 bits per heavy atom. The molecule has 136 valence electrons. The molecule has 0 aliphatic carbocycles. The average Bonchev–Trinajstić information content (AvgIpc) is 2.59. The highest BCUT2D eigenvalue weighted by molar-refractivity contribution is 14.0. The maximum atomic E-state index is 13.6. The number of hydrogen-bond donors (Lipinski definition) is 2. The molecule has 2 aromatic carbocycles. The van der Waals surface area contributed by atoms with Crippen LogP contribution >= 0.6 is 35.6 Å². The van der Waals surface area contributed by atoms with E-state index in [0.29, 0.717) is 29.6 Å². The van der Waals surface area contributed by atoms with Gasteiger partial charge in [-0.1, -0.05) is 41.9 Å². The second-order valence-corrected chi connectivity index (χ2v) is 5.61. The normalized spacial score (nSPS) is 12.2. The minimum Gasteiger partial charge on any atom is -0.375 e. The summed E-state index contributed by atoms with van der Waals surface area (Å²) < 4.78 is 19.1. The molecule has 0 radical (unpaired) electrons. The molecule has 0 heterocycles. The molecule has 0 saturated heterocycles. The molecule has 2 rings (SSSR count). The number of benzene rings is 2. The van der Waals surface area contributed by atoms with E-state index in [4.69, 9.17) is 16.3 Å². The van der Waals surface area contributed by atoms with Gasteiger partial charge in [-0.25, -0.2) is 4.39 Å². The Kier molecular flexibility index (Phi) is 9.77. The molecule has 0 aliphatic rings. The number of methoxy groups -OCH3 is 1. The molecule has 2 N–H and O–H groups in total. The summed E-state index contributed by atoms with van der Waals surface area (Å²) >= 11 is 6.02. The van der Waals surface area contributed by atoms with E-state index < -0.39 is 0 Å². The first kappa shape index (κ1) is 21.7. The molecule has 1 atom stereocenters. The van der Waals surface area contributed by atoms with Gasteiger partial charge in [0.1, 0.15) is 5.82 Å². The van der Waals surface area contributed by atoms with Gasteiger partial charge in [-0.15, -0.1) is 24.0 Å². The van der Waals surface area contributed by atoms with Gasteiger partial charge in [0.2, 0.25) is 0 Å². The Bertz CT molecular complexity index is 700. The minimum atomic E-state index is -0.242. The van der Waals surface area contributed by atoms with E-state index in [0.717, 1.165) is 5.56 Å². The van der Waals surface area contributed by atoms with Crippen LogP contribution in [0, 0.1) is 5.82 Å². The van der Waals surface area contributed by atoms with Gasteiger partial charge in [0.05, 0.1) is 6.10 Å². The van der Waals surface area contributed by atoms with Gasteiger partial charge in [-0.05, 0) is 23.8 Å². The monoisotopic (exact) mass is 477 g/mol. The van der Waals surface area contributed by atoms with Crippen molar-refractivity contribution in [3.63, 3.8) is 0 Å². The minimum absolute atomic E-state index is 0. The van der Waals surface area contributed by atoms with Crippen molar-refractivity contribution in [2.24, 2.45) is 4.99 Å². The van der Waals surface area contributed by atoms with E-state index >= 15 is 0 Å². The molecule has 0 aliphatic heterocycles. The van der Waals surface area contributed by atoms with Crippen molar-refractivity contribution in [1.82, 2.24) is 10.6 Å². The lowest BCUT2D eigenvalue weighted by molar-refractivity contribution is 0.106. The van der Waals surface area contributed by atoms with Gasteiger partial charge in [-0.3, -0.25) is 4.99 Å². The van der Waals surface area contributed by atoms with Crippen molar-refractivity contribution in [2.75, 3.05) is 20.7 Å². The van der Waals surface area contributed by atoms with E-state index in [2.05, 4.69) is 15.6 Å². The highest BCUT2D eigenvalue weighted by atomic mass is 127. The van der Waals surface area contributed by atoms with Crippen LogP contribution in [0.4, 0.5) is 4.39 Å². The molecule has 4 nitrogen and oxygen atoms in total. The zero-order chi connectivity index (χ0) is 17.4. The Balaban J connectivity index is 0.00000312. The molecule has 0 saturated carbocycles. The van der Waals surface area contributed by atoms with Crippen LogP contribution in [0.25, 0.3) is 0 Å². The summed E-state index contributed by atoms with van der Waals surface area (Å²) in [7, 11) is 3.31. The lowest BCUT2D eigenvalue weighted by Crippen LogP contribution is -2.39. The maximum Gasteiger partial charge on any atom is 0.191 e. The molecule has 0 fully saturated rings. The predicted octanol–water partition coefficient (Wildman–Crippen LogP) is 4.15. The Morgan fingerprint density at radius 2 is 1.96 bits per heavy atom. The van der Waals surface area contributed by atoms with Crippen LogP contribution in [0.5, 0.6) is 0 Å². The SMILES string of the molecule is CN=C(NCc1ccccc1F)NCC(OC)c1cccc(Cl)c1.I. The van der Waals surface area contributed by atoms with Gasteiger partial charge >= 0.3 is 0 Å². The molecule has 1 unspecified atom stereocenters. The van der Waals surface area contributed by atoms with E-state index in [1.807, 2.05) is 24.3 Å². The number of ether oxygens (including phenoxy) is 1. The highest BCUT2D eigenvalue weighted by Crippen LogP contribution is 2.19. The van der Waals surface area contributed by atoms with Crippen LogP contribution in [-0.2, 0) is 11.3 Å². The quantitative estimate of drug-likeness (QED) is 0.373. The van der Waals surface area contributed by atoms with Crippen molar-refractivity contribution in [1.29, 1.82) is 0 Å². The van der Waals surface area contributed by atoms with Crippen LogP contribution in [0.15, 0.2) is 53.5 Å². The fourth-order valence-corrected chi connectivity index (χ4v) is 2.47. The van der Waals surface area contributed by atoms with Gasteiger partial charge in [-0.2, -0.15) is 0 Å². The summed E-state index contributed by atoms with van der Waals surface area (Å²) in [6.07, 6.45) is -0.171. The first-order valence-electron chi connectivity index (χ1n) is 7.60. The van der Waals surface area contributed by atoms with Crippen molar-refractivity contribution < 1.29 is 9.13 Å². The largest absolute Gasteiger partial charge is 0.375 e. The molecule has 25 heavy (non-hydrogen) atoms. The third kappa shape index (κ3) is 6.80. The molecule has 0 bridgehead atoms. The Labute approximate surface area is 169 Å². The summed E-state index contributed by atoms with van der Waals surface area (Å²) in [5.41, 5.74) is 1.56. The number of rotatable bonds is 6. The summed E-state index contributed by atoms with van der Waals surface area (Å²) in [5, 5.41) is 6.93. The van der Waals surface area contributed by atoms with Gasteiger partial charge in [0.25, 0.3) is 0 Å². The fraction of sp³-hybridized carbons (Fsp3) is 0.278. The summed E-state index contributed by atoms with van der Waals surface area (Å²) in [6, 6.07) is 14.2. The third-order valence-corrected chi connectivity index (χ3v) is 3.82. The van der Waals surface area contributed by atoms with E-state index in [-0.39, 0.29) is 35.9 Å². The fourth-order valence-electron chi connectivity index (χ4n) is 2.27. The van der Waals surface area contributed by atoms with Gasteiger partial charge < -0.3 is 15.4 Å². The summed E-state index contributed by atoms with van der Waals surface area (Å²) in [6.45, 7) is 0.856. The number of halogens is 3. The highest BCUT2D eigenvalue weighted by Gasteiger charge is 2.12. The number of nitrogens with zero attached hydrogens (tertiary/aromatic N) is 1. The maximum absolute atomic E-state index is 13.6.